The second-order valence-corrected chi connectivity index (χ2v) is 9.09. The first-order chi connectivity index (χ1) is 12.7. The van der Waals surface area contributed by atoms with Gasteiger partial charge in [0.15, 0.2) is 0 Å². The van der Waals surface area contributed by atoms with Gasteiger partial charge in [-0.05, 0) is 66.2 Å². The fourth-order valence-corrected chi connectivity index (χ4v) is 4.17. The minimum absolute atomic E-state index is 0.149. The average molecular weight is 378 g/mol. The number of nitrogens with zero attached hydrogens (tertiary/aromatic N) is 4. The molecule has 3 atom stereocenters. The van der Waals surface area contributed by atoms with E-state index in [2.05, 4.69) is 33.9 Å². The zero-order valence-electron chi connectivity index (χ0n) is 17.5. The molecule has 0 aliphatic carbocycles. The Morgan fingerprint density at radius 1 is 1.19 bits per heavy atom. The third-order valence-electron chi connectivity index (χ3n) is 5.60. The lowest BCUT2D eigenvalue weighted by molar-refractivity contribution is 0.0146. The van der Waals surface area contributed by atoms with Crippen LogP contribution in [0.15, 0.2) is 0 Å². The Kier molecular flexibility index (Phi) is 6.08. The van der Waals surface area contributed by atoms with Crippen LogP contribution in [0.2, 0.25) is 0 Å². The number of aromatic nitrogens is 3. The van der Waals surface area contributed by atoms with Crippen molar-refractivity contribution in [2.24, 2.45) is 5.92 Å². The van der Waals surface area contributed by atoms with Crippen LogP contribution in [0.4, 0.5) is 4.79 Å². The van der Waals surface area contributed by atoms with Crippen molar-refractivity contribution in [3.05, 3.63) is 11.6 Å². The van der Waals surface area contributed by atoms with Crippen molar-refractivity contribution >= 4 is 6.09 Å². The summed E-state index contributed by atoms with van der Waals surface area (Å²) in [7, 11) is 0. The van der Waals surface area contributed by atoms with Crippen LogP contribution < -0.4 is 5.32 Å². The summed E-state index contributed by atoms with van der Waals surface area (Å²) in [6.45, 7) is 12.7. The lowest BCUT2D eigenvalue weighted by Crippen LogP contribution is -2.48. The summed E-state index contributed by atoms with van der Waals surface area (Å²) < 4.78 is 7.83. The van der Waals surface area contributed by atoms with Gasteiger partial charge in [0.2, 0.25) is 0 Å². The Labute approximate surface area is 162 Å². The van der Waals surface area contributed by atoms with Crippen molar-refractivity contribution in [3.8, 4) is 0 Å². The number of carbonyl (C=O) groups is 1. The Bertz CT molecular complexity index is 651. The summed E-state index contributed by atoms with van der Waals surface area (Å²) >= 11 is 0. The zero-order chi connectivity index (χ0) is 19.6. The van der Waals surface area contributed by atoms with Crippen LogP contribution in [-0.4, -0.2) is 50.5 Å². The molecule has 0 bridgehead atoms. The van der Waals surface area contributed by atoms with Gasteiger partial charge in [-0.3, -0.25) is 0 Å². The van der Waals surface area contributed by atoms with E-state index in [1.165, 1.54) is 12.8 Å². The molecule has 1 amide bonds. The quantitative estimate of drug-likeness (QED) is 0.872. The molecule has 27 heavy (non-hydrogen) atoms. The van der Waals surface area contributed by atoms with Gasteiger partial charge in [-0.2, -0.15) is 0 Å². The molecule has 1 aromatic rings. The minimum Gasteiger partial charge on any atom is -0.444 e. The predicted octanol–water partition coefficient (Wildman–Crippen LogP) is 3.30. The maximum Gasteiger partial charge on any atom is 0.410 e. The lowest BCUT2D eigenvalue weighted by atomic mass is 9.91. The first kappa shape index (κ1) is 20.1. The number of amides is 1. The summed E-state index contributed by atoms with van der Waals surface area (Å²) in [6, 6.07) is 0.443. The fourth-order valence-electron chi connectivity index (χ4n) is 4.17. The van der Waals surface area contributed by atoms with Gasteiger partial charge in [-0.1, -0.05) is 0 Å². The van der Waals surface area contributed by atoms with Crippen LogP contribution in [-0.2, 0) is 17.7 Å². The summed E-state index contributed by atoms with van der Waals surface area (Å²) in [4.78, 5) is 14.3. The van der Waals surface area contributed by atoms with Gasteiger partial charge >= 0.3 is 6.09 Å². The lowest BCUT2D eigenvalue weighted by Gasteiger charge is -2.37. The van der Waals surface area contributed by atoms with Gasteiger partial charge in [0.1, 0.15) is 17.2 Å². The monoisotopic (exact) mass is 377 g/mol. The van der Waals surface area contributed by atoms with Crippen molar-refractivity contribution in [2.75, 3.05) is 13.1 Å². The highest BCUT2D eigenvalue weighted by atomic mass is 16.6. The van der Waals surface area contributed by atoms with E-state index in [9.17, 15) is 4.79 Å². The van der Waals surface area contributed by atoms with E-state index in [1.54, 1.807) is 0 Å². The fraction of sp³-hybridized carbons (Fsp3) is 0.850. The molecule has 2 aliphatic rings. The third kappa shape index (κ3) is 5.00. The van der Waals surface area contributed by atoms with Crippen LogP contribution >= 0.6 is 0 Å². The summed E-state index contributed by atoms with van der Waals surface area (Å²) in [5.74, 6) is 2.57. The van der Waals surface area contributed by atoms with Crippen molar-refractivity contribution in [3.63, 3.8) is 0 Å². The van der Waals surface area contributed by atoms with Crippen LogP contribution in [0.25, 0.3) is 0 Å². The normalized spacial score (nSPS) is 22.9. The SMILES string of the molecule is C[C@H](N[C@H](C)[C@H]1CCCN(C(=O)OC(C)(C)C)C1)c1nnc2n1CCCC2. The molecule has 152 valence electrons. The summed E-state index contributed by atoms with van der Waals surface area (Å²) in [6.07, 6.45) is 5.39. The highest BCUT2D eigenvalue weighted by Crippen LogP contribution is 2.24. The van der Waals surface area contributed by atoms with Crippen LogP contribution in [0.3, 0.4) is 0 Å². The molecule has 0 aromatic carbocycles. The van der Waals surface area contributed by atoms with E-state index in [0.717, 1.165) is 50.5 Å². The molecule has 0 unspecified atom stereocenters. The van der Waals surface area contributed by atoms with Gasteiger partial charge in [-0.15, -0.1) is 10.2 Å². The van der Waals surface area contributed by atoms with E-state index in [4.69, 9.17) is 4.74 Å². The first-order valence-electron chi connectivity index (χ1n) is 10.4. The van der Waals surface area contributed by atoms with Crippen molar-refractivity contribution in [1.82, 2.24) is 25.0 Å². The van der Waals surface area contributed by atoms with E-state index >= 15 is 0 Å². The molecule has 0 spiro atoms. The maximum absolute atomic E-state index is 12.4. The molecular formula is C20H35N5O2. The van der Waals surface area contributed by atoms with Gasteiger partial charge in [-0.25, -0.2) is 4.79 Å². The molecule has 0 radical (unpaired) electrons. The van der Waals surface area contributed by atoms with Gasteiger partial charge < -0.3 is 19.5 Å². The Morgan fingerprint density at radius 3 is 2.70 bits per heavy atom. The second kappa shape index (κ2) is 8.17. The van der Waals surface area contributed by atoms with Gasteiger partial charge in [0.05, 0.1) is 6.04 Å². The number of likely N-dealkylation sites (tertiary alicyclic amines) is 1. The average Bonchev–Trinajstić information content (AvgIpc) is 3.04. The van der Waals surface area contributed by atoms with Crippen molar-refractivity contribution in [2.45, 2.75) is 91.0 Å². The molecule has 1 N–H and O–H groups in total. The van der Waals surface area contributed by atoms with Crippen LogP contribution in [0, 0.1) is 5.92 Å². The molecule has 1 saturated heterocycles. The van der Waals surface area contributed by atoms with Crippen molar-refractivity contribution < 1.29 is 9.53 Å². The number of carbonyl (C=O) groups excluding carboxylic acids is 1. The number of fused-ring (bicyclic) bond motifs is 1. The second-order valence-electron chi connectivity index (χ2n) is 9.09. The molecule has 0 saturated carbocycles. The molecule has 1 fully saturated rings. The Hall–Kier alpha value is -1.63. The number of piperidine rings is 1. The minimum atomic E-state index is -0.449. The molecule has 7 nitrogen and oxygen atoms in total. The number of hydrogen-bond acceptors (Lipinski definition) is 5. The molecular weight excluding hydrogens is 342 g/mol. The summed E-state index contributed by atoms with van der Waals surface area (Å²) in [5.41, 5.74) is -0.449. The molecule has 7 heteroatoms. The Balaban J connectivity index is 1.58. The number of aryl methyl sites for hydroxylation is 1. The largest absolute Gasteiger partial charge is 0.444 e. The Morgan fingerprint density at radius 2 is 1.96 bits per heavy atom. The van der Waals surface area contributed by atoms with Gasteiger partial charge in [0.25, 0.3) is 0 Å². The van der Waals surface area contributed by atoms with E-state index in [1.807, 2.05) is 25.7 Å². The molecule has 3 rings (SSSR count). The highest BCUT2D eigenvalue weighted by Gasteiger charge is 2.31. The number of hydrogen-bond donors (Lipinski definition) is 1. The zero-order valence-corrected chi connectivity index (χ0v) is 17.5. The number of rotatable bonds is 4. The van der Waals surface area contributed by atoms with Crippen LogP contribution in [0.1, 0.15) is 78.0 Å². The summed E-state index contributed by atoms with van der Waals surface area (Å²) in [5, 5.41) is 12.5. The predicted molar refractivity (Wildman–Crippen MR) is 105 cm³/mol. The van der Waals surface area contributed by atoms with E-state index in [-0.39, 0.29) is 12.1 Å². The maximum atomic E-state index is 12.4. The topological polar surface area (TPSA) is 72.3 Å². The van der Waals surface area contributed by atoms with Gasteiger partial charge in [0, 0.05) is 32.1 Å². The first-order valence-corrected chi connectivity index (χ1v) is 10.4. The number of ether oxygens (including phenoxy) is 1. The van der Waals surface area contributed by atoms with E-state index < -0.39 is 5.60 Å². The van der Waals surface area contributed by atoms with E-state index in [0.29, 0.717) is 12.0 Å². The standard InChI is InChI=1S/C20H35N5O2/c1-14(16-9-8-11-24(13-16)19(26)27-20(3,4)5)21-15(2)18-23-22-17-10-6-7-12-25(17)18/h14-16,21H,6-13H2,1-5H3/t14-,15+,16+/m1/s1. The third-order valence-corrected chi connectivity index (χ3v) is 5.60. The molecule has 2 aliphatic heterocycles. The number of nitrogens with one attached hydrogen (secondary N) is 1. The smallest absolute Gasteiger partial charge is 0.410 e. The van der Waals surface area contributed by atoms with Crippen LogP contribution in [0.5, 0.6) is 0 Å². The molecule has 1 aromatic heterocycles. The molecule has 3 heterocycles. The highest BCUT2D eigenvalue weighted by molar-refractivity contribution is 5.68. The van der Waals surface area contributed by atoms with Crippen molar-refractivity contribution in [1.29, 1.82) is 0 Å².